The SMILES string of the molecule is Cc1cc(N)cc(NCCN2CCOCC2)c1. The van der Waals surface area contributed by atoms with E-state index in [4.69, 9.17) is 10.5 Å². The summed E-state index contributed by atoms with van der Waals surface area (Å²) in [6, 6.07) is 6.08. The van der Waals surface area contributed by atoms with Crippen LogP contribution in [0.25, 0.3) is 0 Å². The summed E-state index contributed by atoms with van der Waals surface area (Å²) in [6.45, 7) is 7.85. The lowest BCUT2D eigenvalue weighted by Crippen LogP contribution is -2.39. The van der Waals surface area contributed by atoms with E-state index >= 15 is 0 Å². The van der Waals surface area contributed by atoms with Gasteiger partial charge in [0.25, 0.3) is 0 Å². The normalized spacial score (nSPS) is 17.0. The van der Waals surface area contributed by atoms with Crippen LogP contribution >= 0.6 is 0 Å². The quantitative estimate of drug-likeness (QED) is 0.773. The number of hydrogen-bond acceptors (Lipinski definition) is 4. The second kappa shape index (κ2) is 5.89. The van der Waals surface area contributed by atoms with Gasteiger partial charge in [0.2, 0.25) is 0 Å². The van der Waals surface area contributed by atoms with Gasteiger partial charge in [0, 0.05) is 37.6 Å². The molecule has 0 aromatic heterocycles. The van der Waals surface area contributed by atoms with Gasteiger partial charge in [-0.3, -0.25) is 4.90 Å². The molecule has 0 radical (unpaired) electrons. The summed E-state index contributed by atoms with van der Waals surface area (Å²) in [4.78, 5) is 2.41. The van der Waals surface area contributed by atoms with Crippen molar-refractivity contribution < 1.29 is 4.74 Å². The molecular formula is C13H21N3O. The molecular weight excluding hydrogens is 214 g/mol. The Kier molecular flexibility index (Phi) is 4.23. The number of morpholine rings is 1. The van der Waals surface area contributed by atoms with Crippen molar-refractivity contribution in [3.8, 4) is 0 Å². The highest BCUT2D eigenvalue weighted by molar-refractivity contribution is 5.56. The van der Waals surface area contributed by atoms with Gasteiger partial charge in [-0.15, -0.1) is 0 Å². The Morgan fingerprint density at radius 3 is 2.76 bits per heavy atom. The van der Waals surface area contributed by atoms with Crippen LogP contribution in [0, 0.1) is 6.92 Å². The third kappa shape index (κ3) is 3.91. The number of hydrogen-bond donors (Lipinski definition) is 2. The zero-order valence-corrected chi connectivity index (χ0v) is 10.4. The maximum absolute atomic E-state index is 5.81. The number of ether oxygens (including phenoxy) is 1. The molecule has 3 N–H and O–H groups in total. The molecule has 1 fully saturated rings. The predicted molar refractivity (Wildman–Crippen MR) is 71.3 cm³/mol. The third-order valence-electron chi connectivity index (χ3n) is 2.96. The molecule has 1 aromatic carbocycles. The van der Waals surface area contributed by atoms with Crippen LogP contribution in [0.5, 0.6) is 0 Å². The molecule has 4 nitrogen and oxygen atoms in total. The third-order valence-corrected chi connectivity index (χ3v) is 2.96. The number of nitrogens with zero attached hydrogens (tertiary/aromatic N) is 1. The highest BCUT2D eigenvalue weighted by atomic mass is 16.5. The van der Waals surface area contributed by atoms with Gasteiger partial charge >= 0.3 is 0 Å². The lowest BCUT2D eigenvalue weighted by molar-refractivity contribution is 0.0398. The topological polar surface area (TPSA) is 50.5 Å². The van der Waals surface area contributed by atoms with E-state index in [0.29, 0.717) is 0 Å². The van der Waals surface area contributed by atoms with E-state index in [-0.39, 0.29) is 0 Å². The Balaban J connectivity index is 1.77. The Hall–Kier alpha value is -1.26. The van der Waals surface area contributed by atoms with E-state index in [1.807, 2.05) is 12.1 Å². The Morgan fingerprint density at radius 2 is 2.06 bits per heavy atom. The molecule has 1 heterocycles. The van der Waals surface area contributed by atoms with Gasteiger partial charge in [-0.2, -0.15) is 0 Å². The molecule has 0 atom stereocenters. The number of aryl methyl sites for hydroxylation is 1. The van der Waals surface area contributed by atoms with E-state index in [9.17, 15) is 0 Å². The number of nitrogen functional groups attached to an aromatic ring is 1. The predicted octanol–water partition coefficient (Wildman–Crippen LogP) is 1.32. The Morgan fingerprint density at radius 1 is 1.29 bits per heavy atom. The van der Waals surface area contributed by atoms with Crippen molar-refractivity contribution in [2.45, 2.75) is 6.92 Å². The average molecular weight is 235 g/mol. The monoisotopic (exact) mass is 235 g/mol. The molecule has 0 spiro atoms. The minimum atomic E-state index is 0.818. The largest absolute Gasteiger partial charge is 0.399 e. The van der Waals surface area contributed by atoms with Crippen molar-refractivity contribution in [1.29, 1.82) is 0 Å². The molecule has 0 bridgehead atoms. The van der Waals surface area contributed by atoms with Crippen LogP contribution in [-0.4, -0.2) is 44.3 Å². The molecule has 0 aliphatic carbocycles. The second-order valence-corrected chi connectivity index (χ2v) is 4.51. The number of anilines is 2. The summed E-state index contributed by atoms with van der Waals surface area (Å²) < 4.78 is 5.32. The first-order valence-corrected chi connectivity index (χ1v) is 6.15. The molecule has 0 unspecified atom stereocenters. The van der Waals surface area contributed by atoms with Crippen molar-refractivity contribution in [3.05, 3.63) is 23.8 Å². The van der Waals surface area contributed by atoms with Gasteiger partial charge in [-0.1, -0.05) is 0 Å². The molecule has 1 saturated heterocycles. The zero-order valence-electron chi connectivity index (χ0n) is 10.4. The molecule has 4 heteroatoms. The van der Waals surface area contributed by atoms with Crippen LogP contribution < -0.4 is 11.1 Å². The van der Waals surface area contributed by atoms with Gasteiger partial charge in [-0.25, -0.2) is 0 Å². The number of nitrogens with one attached hydrogen (secondary N) is 1. The van der Waals surface area contributed by atoms with Crippen molar-refractivity contribution in [1.82, 2.24) is 4.90 Å². The van der Waals surface area contributed by atoms with Gasteiger partial charge < -0.3 is 15.8 Å². The lowest BCUT2D eigenvalue weighted by Gasteiger charge is -2.26. The Labute approximate surface area is 103 Å². The van der Waals surface area contributed by atoms with Crippen LogP contribution in [0.2, 0.25) is 0 Å². The standard InChI is InChI=1S/C13H21N3O/c1-11-8-12(14)10-13(9-11)15-2-3-16-4-6-17-7-5-16/h8-10,15H,2-7,14H2,1H3. The van der Waals surface area contributed by atoms with Crippen LogP contribution in [0.1, 0.15) is 5.56 Å². The Bertz CT molecular complexity index is 341. The minimum absolute atomic E-state index is 0.818. The smallest absolute Gasteiger partial charge is 0.0594 e. The maximum atomic E-state index is 5.81. The van der Waals surface area contributed by atoms with E-state index in [2.05, 4.69) is 23.2 Å². The average Bonchev–Trinajstić information content (AvgIpc) is 2.29. The molecule has 17 heavy (non-hydrogen) atoms. The summed E-state index contributed by atoms with van der Waals surface area (Å²) in [6.07, 6.45) is 0. The zero-order chi connectivity index (χ0) is 12.1. The highest BCUT2D eigenvalue weighted by Crippen LogP contribution is 2.15. The molecule has 1 aromatic rings. The van der Waals surface area contributed by atoms with Crippen molar-refractivity contribution >= 4 is 11.4 Å². The highest BCUT2D eigenvalue weighted by Gasteiger charge is 2.09. The first kappa shape index (κ1) is 12.2. The fourth-order valence-electron chi connectivity index (χ4n) is 2.10. The molecule has 0 saturated carbocycles. The van der Waals surface area contributed by atoms with Crippen LogP contribution in [0.15, 0.2) is 18.2 Å². The van der Waals surface area contributed by atoms with Crippen molar-refractivity contribution in [3.63, 3.8) is 0 Å². The first-order valence-electron chi connectivity index (χ1n) is 6.15. The summed E-state index contributed by atoms with van der Waals surface area (Å²) in [7, 11) is 0. The van der Waals surface area contributed by atoms with Crippen LogP contribution in [-0.2, 0) is 4.74 Å². The molecule has 1 aliphatic rings. The van der Waals surface area contributed by atoms with E-state index in [0.717, 1.165) is 50.8 Å². The fourth-order valence-corrected chi connectivity index (χ4v) is 2.10. The van der Waals surface area contributed by atoms with Gasteiger partial charge in [0.05, 0.1) is 13.2 Å². The van der Waals surface area contributed by atoms with Gasteiger partial charge in [0.15, 0.2) is 0 Å². The fraction of sp³-hybridized carbons (Fsp3) is 0.538. The second-order valence-electron chi connectivity index (χ2n) is 4.51. The maximum Gasteiger partial charge on any atom is 0.0594 e. The molecule has 2 rings (SSSR count). The van der Waals surface area contributed by atoms with Gasteiger partial charge in [-0.05, 0) is 30.7 Å². The van der Waals surface area contributed by atoms with E-state index in [1.165, 1.54) is 5.56 Å². The minimum Gasteiger partial charge on any atom is -0.399 e. The van der Waals surface area contributed by atoms with Crippen LogP contribution in [0.3, 0.4) is 0 Å². The summed E-state index contributed by atoms with van der Waals surface area (Å²) in [5.74, 6) is 0. The summed E-state index contributed by atoms with van der Waals surface area (Å²) in [5, 5.41) is 3.41. The molecule has 0 amide bonds. The summed E-state index contributed by atoms with van der Waals surface area (Å²) >= 11 is 0. The first-order chi connectivity index (χ1) is 8.24. The number of benzene rings is 1. The van der Waals surface area contributed by atoms with E-state index in [1.54, 1.807) is 0 Å². The number of rotatable bonds is 4. The van der Waals surface area contributed by atoms with Crippen LogP contribution in [0.4, 0.5) is 11.4 Å². The lowest BCUT2D eigenvalue weighted by atomic mass is 10.2. The summed E-state index contributed by atoms with van der Waals surface area (Å²) in [5.41, 5.74) is 8.93. The van der Waals surface area contributed by atoms with Gasteiger partial charge in [0.1, 0.15) is 0 Å². The van der Waals surface area contributed by atoms with Crippen molar-refractivity contribution in [2.75, 3.05) is 50.4 Å². The number of nitrogens with two attached hydrogens (primary N) is 1. The molecule has 1 aliphatic heterocycles. The van der Waals surface area contributed by atoms with Crippen molar-refractivity contribution in [2.24, 2.45) is 0 Å². The molecule has 94 valence electrons. The van der Waals surface area contributed by atoms with E-state index < -0.39 is 0 Å².